The average Bonchev–Trinajstić information content (AvgIpc) is 2.25. The number of halogens is 1. The van der Waals surface area contributed by atoms with Gasteiger partial charge in [0.1, 0.15) is 5.82 Å². The standard InChI is InChI=1S/C11H15FN2O/c12-10-3-4-11(13)9(7-10)8-14-5-1-2-6-15-14/h3-4,7H,1-2,5-6,8,13H2. The maximum absolute atomic E-state index is 13.0. The molecule has 1 saturated heterocycles. The van der Waals surface area contributed by atoms with Gasteiger partial charge in [-0.15, -0.1) is 0 Å². The third-order valence-electron chi connectivity index (χ3n) is 2.53. The Morgan fingerprint density at radius 1 is 1.40 bits per heavy atom. The van der Waals surface area contributed by atoms with E-state index in [4.69, 9.17) is 10.6 Å². The molecule has 0 radical (unpaired) electrons. The number of anilines is 1. The van der Waals surface area contributed by atoms with Crippen molar-refractivity contribution in [1.29, 1.82) is 0 Å². The van der Waals surface area contributed by atoms with Crippen molar-refractivity contribution in [2.24, 2.45) is 0 Å². The Morgan fingerprint density at radius 2 is 2.27 bits per heavy atom. The number of rotatable bonds is 2. The van der Waals surface area contributed by atoms with Crippen molar-refractivity contribution in [2.45, 2.75) is 19.4 Å². The van der Waals surface area contributed by atoms with Crippen molar-refractivity contribution in [3.8, 4) is 0 Å². The molecule has 0 aromatic heterocycles. The minimum absolute atomic E-state index is 0.254. The molecule has 15 heavy (non-hydrogen) atoms. The Kier molecular flexibility index (Phi) is 3.18. The lowest BCUT2D eigenvalue weighted by molar-refractivity contribution is -0.187. The number of nitrogens with two attached hydrogens (primary N) is 1. The third-order valence-corrected chi connectivity index (χ3v) is 2.53. The van der Waals surface area contributed by atoms with E-state index in [-0.39, 0.29) is 5.82 Å². The van der Waals surface area contributed by atoms with Crippen LogP contribution in [0.5, 0.6) is 0 Å². The Hall–Kier alpha value is -1.13. The quantitative estimate of drug-likeness (QED) is 0.758. The van der Waals surface area contributed by atoms with E-state index in [1.807, 2.05) is 5.06 Å². The van der Waals surface area contributed by atoms with Crippen LogP contribution in [0, 0.1) is 5.82 Å². The molecule has 0 unspecified atom stereocenters. The predicted molar refractivity (Wildman–Crippen MR) is 56.4 cm³/mol. The Bertz CT molecular complexity index is 337. The number of hydrogen-bond acceptors (Lipinski definition) is 3. The lowest BCUT2D eigenvalue weighted by Crippen LogP contribution is -2.29. The first kappa shape index (κ1) is 10.4. The molecule has 1 aromatic carbocycles. The molecule has 0 bridgehead atoms. The van der Waals surface area contributed by atoms with Crippen molar-refractivity contribution >= 4 is 5.69 Å². The molecule has 0 amide bonds. The Morgan fingerprint density at radius 3 is 3.00 bits per heavy atom. The van der Waals surface area contributed by atoms with E-state index < -0.39 is 0 Å². The van der Waals surface area contributed by atoms with Crippen molar-refractivity contribution in [1.82, 2.24) is 5.06 Å². The molecular weight excluding hydrogens is 195 g/mol. The molecular formula is C11H15FN2O. The molecule has 1 aliphatic rings. The van der Waals surface area contributed by atoms with Gasteiger partial charge in [0.2, 0.25) is 0 Å². The topological polar surface area (TPSA) is 38.5 Å². The second kappa shape index (κ2) is 4.59. The highest BCUT2D eigenvalue weighted by Gasteiger charge is 2.12. The molecule has 82 valence electrons. The largest absolute Gasteiger partial charge is 0.398 e. The number of hydroxylamine groups is 2. The van der Waals surface area contributed by atoms with E-state index in [9.17, 15) is 4.39 Å². The zero-order valence-corrected chi connectivity index (χ0v) is 8.58. The summed E-state index contributed by atoms with van der Waals surface area (Å²) < 4.78 is 13.0. The van der Waals surface area contributed by atoms with Crippen molar-refractivity contribution in [3.05, 3.63) is 29.6 Å². The predicted octanol–water partition coefficient (Wildman–Crippen LogP) is 1.94. The van der Waals surface area contributed by atoms with Gasteiger partial charge in [0.05, 0.1) is 13.2 Å². The highest BCUT2D eigenvalue weighted by Crippen LogP contribution is 2.17. The van der Waals surface area contributed by atoms with Crippen LogP contribution in [-0.4, -0.2) is 18.2 Å². The van der Waals surface area contributed by atoms with Crippen molar-refractivity contribution < 1.29 is 9.23 Å². The summed E-state index contributed by atoms with van der Waals surface area (Å²) in [5.74, 6) is -0.254. The van der Waals surface area contributed by atoms with Gasteiger partial charge >= 0.3 is 0 Å². The summed E-state index contributed by atoms with van der Waals surface area (Å²) in [6.07, 6.45) is 2.21. The molecule has 2 rings (SSSR count). The van der Waals surface area contributed by atoms with Gasteiger partial charge in [-0.25, -0.2) is 4.39 Å². The first-order valence-corrected chi connectivity index (χ1v) is 5.17. The third kappa shape index (κ3) is 2.67. The smallest absolute Gasteiger partial charge is 0.123 e. The van der Waals surface area contributed by atoms with Gasteiger partial charge in [-0.05, 0) is 36.6 Å². The Labute approximate surface area is 88.6 Å². The lowest BCUT2D eigenvalue weighted by atomic mass is 10.1. The van der Waals surface area contributed by atoms with Crippen LogP contribution in [0.15, 0.2) is 18.2 Å². The highest BCUT2D eigenvalue weighted by atomic mass is 19.1. The summed E-state index contributed by atoms with van der Waals surface area (Å²) in [6.45, 7) is 2.19. The first-order chi connectivity index (χ1) is 7.25. The minimum Gasteiger partial charge on any atom is -0.398 e. The highest BCUT2D eigenvalue weighted by molar-refractivity contribution is 5.46. The van der Waals surface area contributed by atoms with Crippen LogP contribution in [0.3, 0.4) is 0 Å². The van der Waals surface area contributed by atoms with E-state index in [1.54, 1.807) is 6.07 Å². The van der Waals surface area contributed by atoms with Crippen LogP contribution in [0.1, 0.15) is 18.4 Å². The lowest BCUT2D eigenvalue weighted by Gasteiger charge is -2.26. The number of hydrogen-bond donors (Lipinski definition) is 1. The van der Waals surface area contributed by atoms with E-state index in [0.717, 1.165) is 31.6 Å². The van der Waals surface area contributed by atoms with Gasteiger partial charge in [0.25, 0.3) is 0 Å². The zero-order chi connectivity index (χ0) is 10.7. The molecule has 4 heteroatoms. The fourth-order valence-electron chi connectivity index (χ4n) is 1.67. The number of nitrogens with zero attached hydrogens (tertiary/aromatic N) is 1. The van der Waals surface area contributed by atoms with Gasteiger partial charge in [0.15, 0.2) is 0 Å². The molecule has 1 fully saturated rings. The van der Waals surface area contributed by atoms with E-state index in [0.29, 0.717) is 12.2 Å². The normalized spacial score (nSPS) is 17.9. The molecule has 1 aliphatic heterocycles. The van der Waals surface area contributed by atoms with Gasteiger partial charge in [0, 0.05) is 12.2 Å². The molecule has 2 N–H and O–H groups in total. The fourth-order valence-corrected chi connectivity index (χ4v) is 1.67. The minimum atomic E-state index is -0.254. The van der Waals surface area contributed by atoms with Crippen LogP contribution in [0.4, 0.5) is 10.1 Å². The van der Waals surface area contributed by atoms with E-state index in [2.05, 4.69) is 0 Å². The summed E-state index contributed by atoms with van der Waals surface area (Å²) in [7, 11) is 0. The van der Waals surface area contributed by atoms with Crippen LogP contribution in [-0.2, 0) is 11.4 Å². The van der Waals surface area contributed by atoms with Gasteiger partial charge in [-0.3, -0.25) is 4.84 Å². The fraction of sp³-hybridized carbons (Fsp3) is 0.455. The van der Waals surface area contributed by atoms with Crippen molar-refractivity contribution in [3.63, 3.8) is 0 Å². The summed E-state index contributed by atoms with van der Waals surface area (Å²) in [5, 5.41) is 1.84. The SMILES string of the molecule is Nc1ccc(F)cc1CN1CCCCO1. The van der Waals surface area contributed by atoms with Crippen LogP contribution in [0.2, 0.25) is 0 Å². The molecule has 3 nitrogen and oxygen atoms in total. The Balaban J connectivity index is 2.05. The van der Waals surface area contributed by atoms with Crippen LogP contribution >= 0.6 is 0 Å². The second-order valence-electron chi connectivity index (χ2n) is 3.75. The zero-order valence-electron chi connectivity index (χ0n) is 8.58. The molecule has 1 aromatic rings. The summed E-state index contributed by atoms with van der Waals surface area (Å²) in [6, 6.07) is 4.43. The molecule has 0 saturated carbocycles. The first-order valence-electron chi connectivity index (χ1n) is 5.17. The van der Waals surface area contributed by atoms with Crippen molar-refractivity contribution in [2.75, 3.05) is 18.9 Å². The second-order valence-corrected chi connectivity index (χ2v) is 3.75. The maximum atomic E-state index is 13.0. The molecule has 0 spiro atoms. The molecule has 0 aliphatic carbocycles. The van der Waals surface area contributed by atoms with Gasteiger partial charge in [-0.1, -0.05) is 0 Å². The maximum Gasteiger partial charge on any atom is 0.123 e. The average molecular weight is 210 g/mol. The van der Waals surface area contributed by atoms with Crippen LogP contribution < -0.4 is 5.73 Å². The molecule has 0 atom stereocenters. The van der Waals surface area contributed by atoms with Gasteiger partial charge < -0.3 is 5.73 Å². The summed E-state index contributed by atoms with van der Waals surface area (Å²) in [5.41, 5.74) is 7.16. The van der Waals surface area contributed by atoms with Crippen LogP contribution in [0.25, 0.3) is 0 Å². The number of nitrogen functional groups attached to an aromatic ring is 1. The van der Waals surface area contributed by atoms with Gasteiger partial charge in [-0.2, -0.15) is 5.06 Å². The van der Waals surface area contributed by atoms with E-state index in [1.165, 1.54) is 12.1 Å². The monoisotopic (exact) mass is 210 g/mol. The summed E-state index contributed by atoms with van der Waals surface area (Å²) >= 11 is 0. The summed E-state index contributed by atoms with van der Waals surface area (Å²) in [4.78, 5) is 5.43. The molecule has 1 heterocycles. The number of benzene rings is 1. The van der Waals surface area contributed by atoms with E-state index >= 15 is 0 Å².